The topological polar surface area (TPSA) is 97.1 Å². The van der Waals surface area contributed by atoms with Crippen LogP contribution in [0, 0.1) is 5.41 Å². The smallest absolute Gasteiger partial charge is 0.303 e. The van der Waals surface area contributed by atoms with E-state index in [4.69, 9.17) is 0 Å². The average molecular weight is 396 g/mol. The first-order chi connectivity index (χ1) is 14.0. The maximum atomic E-state index is 12.6. The first-order valence-electron chi connectivity index (χ1n) is 10.6. The van der Waals surface area contributed by atoms with Crippen molar-refractivity contribution >= 4 is 17.6 Å². The number of aliphatic carboxylic acids is 1. The zero-order chi connectivity index (χ0) is 20.3. The van der Waals surface area contributed by atoms with Crippen LogP contribution in [0.5, 0.6) is 0 Å². The molecule has 2 aromatic rings. The predicted octanol–water partition coefficient (Wildman–Crippen LogP) is 4.04. The Morgan fingerprint density at radius 3 is 2.48 bits per heavy atom. The quantitative estimate of drug-likeness (QED) is 0.768. The SMILES string of the molecule is O=C(O)CC1(CC(=O)Nc2ccc(-c3nnc4n3CCCC4)cc2)CCCCC1. The fraction of sp³-hybridized carbons (Fsp3) is 0.545. The van der Waals surface area contributed by atoms with Gasteiger partial charge in [0.2, 0.25) is 5.91 Å². The van der Waals surface area contributed by atoms with Gasteiger partial charge in [-0.25, -0.2) is 0 Å². The van der Waals surface area contributed by atoms with Gasteiger partial charge in [-0.1, -0.05) is 19.3 Å². The number of carboxylic acid groups (broad SMARTS) is 1. The molecule has 7 heteroatoms. The van der Waals surface area contributed by atoms with Crippen LogP contribution in [-0.4, -0.2) is 31.7 Å². The van der Waals surface area contributed by atoms with Gasteiger partial charge < -0.3 is 15.0 Å². The molecule has 2 N–H and O–H groups in total. The zero-order valence-corrected chi connectivity index (χ0v) is 16.7. The third kappa shape index (κ3) is 4.49. The molecule has 0 saturated heterocycles. The summed E-state index contributed by atoms with van der Waals surface area (Å²) in [6, 6.07) is 7.66. The number of fused-ring (bicyclic) bond motifs is 1. The number of aryl methyl sites for hydroxylation is 1. The van der Waals surface area contributed by atoms with Crippen molar-refractivity contribution in [1.29, 1.82) is 0 Å². The van der Waals surface area contributed by atoms with Crippen LogP contribution in [0.4, 0.5) is 5.69 Å². The number of hydrogen-bond acceptors (Lipinski definition) is 4. The van der Waals surface area contributed by atoms with E-state index in [0.29, 0.717) is 0 Å². The molecule has 0 radical (unpaired) electrons. The van der Waals surface area contributed by atoms with Crippen molar-refractivity contribution in [1.82, 2.24) is 14.8 Å². The van der Waals surface area contributed by atoms with E-state index < -0.39 is 11.4 Å². The second-order valence-electron chi connectivity index (χ2n) is 8.48. The Labute approximate surface area is 170 Å². The first kappa shape index (κ1) is 19.6. The number of aromatic nitrogens is 3. The molecule has 1 aromatic carbocycles. The lowest BCUT2D eigenvalue weighted by atomic mass is 9.69. The zero-order valence-electron chi connectivity index (χ0n) is 16.7. The molecule has 2 aliphatic rings. The van der Waals surface area contributed by atoms with E-state index in [-0.39, 0.29) is 18.7 Å². The molecule has 154 valence electrons. The third-order valence-electron chi connectivity index (χ3n) is 6.26. The minimum absolute atomic E-state index is 0.0668. The van der Waals surface area contributed by atoms with Gasteiger partial charge in [-0.3, -0.25) is 9.59 Å². The van der Waals surface area contributed by atoms with Gasteiger partial charge >= 0.3 is 5.97 Å². The van der Waals surface area contributed by atoms with Gasteiger partial charge in [-0.15, -0.1) is 10.2 Å². The van der Waals surface area contributed by atoms with Crippen molar-refractivity contribution in [3.63, 3.8) is 0 Å². The van der Waals surface area contributed by atoms with Gasteiger partial charge in [0.05, 0.1) is 6.42 Å². The maximum Gasteiger partial charge on any atom is 0.303 e. The van der Waals surface area contributed by atoms with Crippen LogP contribution in [0.1, 0.15) is 63.6 Å². The van der Waals surface area contributed by atoms with E-state index in [1.54, 1.807) is 0 Å². The second kappa shape index (κ2) is 8.35. The Morgan fingerprint density at radius 1 is 1.00 bits per heavy atom. The van der Waals surface area contributed by atoms with Crippen LogP contribution < -0.4 is 5.32 Å². The van der Waals surface area contributed by atoms with E-state index in [9.17, 15) is 14.7 Å². The van der Waals surface area contributed by atoms with Gasteiger partial charge in [-0.05, 0) is 55.4 Å². The molecule has 4 rings (SSSR count). The summed E-state index contributed by atoms with van der Waals surface area (Å²) in [5.74, 6) is 0.987. The highest BCUT2D eigenvalue weighted by Crippen LogP contribution is 2.42. The number of nitrogens with zero attached hydrogens (tertiary/aromatic N) is 3. The van der Waals surface area contributed by atoms with Crippen molar-refractivity contribution in [3.05, 3.63) is 30.1 Å². The molecule has 1 aliphatic carbocycles. The minimum atomic E-state index is -0.819. The number of rotatable bonds is 6. The standard InChI is InChI=1S/C22H28N4O3/c27-19(14-22(15-20(28)29)11-3-1-4-12-22)23-17-9-7-16(8-10-17)21-25-24-18-6-2-5-13-26(18)21/h7-10H,1-6,11-15H2,(H,23,27)(H,28,29). The summed E-state index contributed by atoms with van der Waals surface area (Å²) in [7, 11) is 0. The highest BCUT2D eigenvalue weighted by molar-refractivity contribution is 5.91. The summed E-state index contributed by atoms with van der Waals surface area (Å²) in [5.41, 5.74) is 1.30. The van der Waals surface area contributed by atoms with Crippen LogP contribution in [0.3, 0.4) is 0 Å². The maximum absolute atomic E-state index is 12.6. The number of carboxylic acids is 1. The van der Waals surface area contributed by atoms with E-state index >= 15 is 0 Å². The second-order valence-corrected chi connectivity index (χ2v) is 8.48. The van der Waals surface area contributed by atoms with Gasteiger partial charge in [0.1, 0.15) is 5.82 Å². The number of carbonyl (C=O) groups is 2. The van der Waals surface area contributed by atoms with Crippen molar-refractivity contribution in [2.75, 3.05) is 5.32 Å². The van der Waals surface area contributed by atoms with Crippen molar-refractivity contribution in [2.45, 2.75) is 70.8 Å². The average Bonchev–Trinajstić information content (AvgIpc) is 3.12. The molecule has 29 heavy (non-hydrogen) atoms. The lowest BCUT2D eigenvalue weighted by Crippen LogP contribution is -2.32. The summed E-state index contributed by atoms with van der Waals surface area (Å²) in [4.78, 5) is 24.0. The van der Waals surface area contributed by atoms with Crippen LogP contribution in [0.15, 0.2) is 24.3 Å². The molecule has 0 unspecified atom stereocenters. The van der Waals surface area contributed by atoms with Gasteiger partial charge in [0.25, 0.3) is 0 Å². The van der Waals surface area contributed by atoms with Gasteiger partial charge in [-0.2, -0.15) is 0 Å². The van der Waals surface area contributed by atoms with Crippen LogP contribution >= 0.6 is 0 Å². The molecule has 1 fully saturated rings. The van der Waals surface area contributed by atoms with Crippen LogP contribution in [0.25, 0.3) is 11.4 Å². The number of anilines is 1. The predicted molar refractivity (Wildman–Crippen MR) is 109 cm³/mol. The molecule has 0 bridgehead atoms. The lowest BCUT2D eigenvalue weighted by Gasteiger charge is -2.35. The number of carbonyl (C=O) groups excluding carboxylic acids is 1. The molecule has 7 nitrogen and oxygen atoms in total. The van der Waals surface area contributed by atoms with Crippen molar-refractivity contribution < 1.29 is 14.7 Å². The highest BCUT2D eigenvalue weighted by atomic mass is 16.4. The normalized spacial score (nSPS) is 18.1. The highest BCUT2D eigenvalue weighted by Gasteiger charge is 2.36. The van der Waals surface area contributed by atoms with Crippen molar-refractivity contribution in [3.8, 4) is 11.4 Å². The fourth-order valence-electron chi connectivity index (χ4n) is 4.81. The van der Waals surface area contributed by atoms with Crippen molar-refractivity contribution in [2.24, 2.45) is 5.41 Å². The summed E-state index contributed by atoms with van der Waals surface area (Å²) in [5, 5.41) is 20.9. The van der Waals surface area contributed by atoms with Crippen LogP contribution in [0.2, 0.25) is 0 Å². The van der Waals surface area contributed by atoms with Gasteiger partial charge in [0.15, 0.2) is 5.82 Å². The number of amides is 1. The Kier molecular flexibility index (Phi) is 5.65. The number of nitrogens with one attached hydrogen (secondary N) is 1. The summed E-state index contributed by atoms with van der Waals surface area (Å²) >= 11 is 0. The third-order valence-corrected chi connectivity index (χ3v) is 6.26. The molecule has 1 aliphatic heterocycles. The van der Waals surface area contributed by atoms with Crippen LogP contribution in [-0.2, 0) is 22.6 Å². The van der Waals surface area contributed by atoms with E-state index in [2.05, 4.69) is 20.1 Å². The summed E-state index contributed by atoms with van der Waals surface area (Å²) in [6.45, 7) is 0.946. The molecule has 0 spiro atoms. The number of hydrogen-bond donors (Lipinski definition) is 2. The molecule has 1 saturated carbocycles. The summed E-state index contributed by atoms with van der Waals surface area (Å²) < 4.78 is 2.18. The number of benzene rings is 1. The summed E-state index contributed by atoms with van der Waals surface area (Å²) in [6.07, 6.45) is 8.34. The Morgan fingerprint density at radius 2 is 1.76 bits per heavy atom. The molecule has 1 amide bonds. The first-order valence-corrected chi connectivity index (χ1v) is 10.6. The lowest BCUT2D eigenvalue weighted by molar-refractivity contribution is -0.140. The molecular formula is C22H28N4O3. The molecule has 2 heterocycles. The molecular weight excluding hydrogens is 368 g/mol. The Balaban J connectivity index is 1.42. The van der Waals surface area contributed by atoms with E-state index in [1.807, 2.05) is 24.3 Å². The largest absolute Gasteiger partial charge is 0.481 e. The Bertz CT molecular complexity index is 882. The van der Waals surface area contributed by atoms with E-state index in [1.165, 1.54) is 0 Å². The minimum Gasteiger partial charge on any atom is -0.481 e. The fourth-order valence-corrected chi connectivity index (χ4v) is 4.81. The molecule has 0 atom stereocenters. The Hall–Kier alpha value is -2.70. The molecule has 1 aromatic heterocycles. The van der Waals surface area contributed by atoms with E-state index in [0.717, 1.165) is 80.8 Å². The van der Waals surface area contributed by atoms with Gasteiger partial charge in [0, 0.05) is 30.6 Å². The monoisotopic (exact) mass is 396 g/mol.